The number of nitrogens with zero attached hydrogens (tertiary/aromatic N) is 2. The van der Waals surface area contributed by atoms with Crippen LogP contribution < -0.4 is 4.74 Å². The Hall–Kier alpha value is -2.25. The number of rotatable bonds is 2. The van der Waals surface area contributed by atoms with Crippen LogP contribution in [0.2, 0.25) is 0 Å². The zero-order valence-corrected chi connectivity index (χ0v) is 9.99. The number of halogens is 3. The minimum atomic E-state index is -4.83. The summed E-state index contributed by atoms with van der Waals surface area (Å²) in [5, 5.41) is 0. The van der Waals surface area contributed by atoms with Gasteiger partial charge in [-0.05, 0) is 19.1 Å². The third-order valence-corrected chi connectivity index (χ3v) is 2.39. The molecule has 0 aliphatic carbocycles. The molecule has 2 rings (SSSR count). The Bertz CT molecular complexity index is 634. The first-order valence-electron chi connectivity index (χ1n) is 5.15. The van der Waals surface area contributed by atoms with Crippen LogP contribution in [0.15, 0.2) is 18.3 Å². The second-order valence-corrected chi connectivity index (χ2v) is 3.65. The Morgan fingerprint density at radius 1 is 1.42 bits per heavy atom. The van der Waals surface area contributed by atoms with Gasteiger partial charge in [0.25, 0.3) is 0 Å². The van der Waals surface area contributed by atoms with Crippen molar-refractivity contribution in [2.24, 2.45) is 0 Å². The fraction of sp³-hybridized carbons (Fsp3) is 0.273. The number of hydrogen-bond donors (Lipinski definition) is 0. The van der Waals surface area contributed by atoms with Crippen molar-refractivity contribution in [1.29, 1.82) is 0 Å². The minimum absolute atomic E-state index is 0.0603. The van der Waals surface area contributed by atoms with Crippen LogP contribution in [0.5, 0.6) is 5.75 Å². The number of pyridine rings is 1. The highest BCUT2D eigenvalue weighted by molar-refractivity contribution is 5.90. The number of esters is 1. The van der Waals surface area contributed by atoms with Crippen molar-refractivity contribution in [3.05, 3.63) is 29.7 Å². The summed E-state index contributed by atoms with van der Waals surface area (Å²) in [5.41, 5.74) is 0.216. The van der Waals surface area contributed by atoms with Gasteiger partial charge >= 0.3 is 12.3 Å². The van der Waals surface area contributed by atoms with E-state index in [1.807, 2.05) is 0 Å². The highest BCUT2D eigenvalue weighted by atomic mass is 19.4. The molecule has 0 saturated heterocycles. The van der Waals surface area contributed by atoms with Crippen molar-refractivity contribution in [2.75, 3.05) is 7.11 Å². The van der Waals surface area contributed by atoms with Crippen LogP contribution in [0.4, 0.5) is 13.2 Å². The summed E-state index contributed by atoms with van der Waals surface area (Å²) in [6.07, 6.45) is -3.42. The first kappa shape index (κ1) is 13.2. The zero-order valence-electron chi connectivity index (χ0n) is 9.99. The van der Waals surface area contributed by atoms with Crippen LogP contribution in [0.3, 0.4) is 0 Å². The number of aromatic nitrogens is 2. The van der Waals surface area contributed by atoms with Crippen molar-refractivity contribution in [3.8, 4) is 5.75 Å². The Morgan fingerprint density at radius 2 is 2.11 bits per heavy atom. The predicted molar refractivity (Wildman–Crippen MR) is 58.0 cm³/mol. The number of carbonyl (C=O) groups excluding carboxylic acids is 1. The number of ether oxygens (including phenoxy) is 2. The molecule has 0 radical (unpaired) electrons. The summed E-state index contributed by atoms with van der Waals surface area (Å²) in [6.45, 7) is 1.50. The summed E-state index contributed by atoms with van der Waals surface area (Å²) in [7, 11) is 1.18. The van der Waals surface area contributed by atoms with Gasteiger partial charge in [0.1, 0.15) is 0 Å². The van der Waals surface area contributed by atoms with E-state index < -0.39 is 18.1 Å². The fourth-order valence-electron chi connectivity index (χ4n) is 1.70. The van der Waals surface area contributed by atoms with Gasteiger partial charge in [-0.25, -0.2) is 9.78 Å². The Labute approximate surface area is 105 Å². The number of imidazole rings is 1. The number of alkyl halides is 3. The molecule has 0 N–H and O–H groups in total. The van der Waals surface area contributed by atoms with Crippen molar-refractivity contribution in [2.45, 2.75) is 13.3 Å². The topological polar surface area (TPSA) is 52.8 Å². The zero-order chi connectivity index (χ0) is 14.2. The van der Waals surface area contributed by atoms with E-state index in [0.717, 1.165) is 6.07 Å². The van der Waals surface area contributed by atoms with E-state index in [0.29, 0.717) is 0 Å². The lowest BCUT2D eigenvalue weighted by atomic mass is 10.3. The van der Waals surface area contributed by atoms with Crippen molar-refractivity contribution in [1.82, 2.24) is 9.38 Å². The molecular weight excluding hydrogens is 265 g/mol. The molecule has 0 aromatic carbocycles. The molecule has 5 nitrogen and oxygen atoms in total. The van der Waals surface area contributed by atoms with Crippen molar-refractivity contribution in [3.63, 3.8) is 0 Å². The molecule has 0 fully saturated rings. The van der Waals surface area contributed by atoms with E-state index >= 15 is 0 Å². The molecule has 0 unspecified atom stereocenters. The number of hydrogen-bond acceptors (Lipinski definition) is 4. The monoisotopic (exact) mass is 274 g/mol. The van der Waals surface area contributed by atoms with Gasteiger partial charge in [-0.1, -0.05) is 0 Å². The molecule has 0 saturated carbocycles. The maximum Gasteiger partial charge on any atom is 0.573 e. The van der Waals surface area contributed by atoms with Crippen LogP contribution in [0.25, 0.3) is 5.65 Å². The smallest absolute Gasteiger partial charge is 0.464 e. The molecule has 2 aromatic heterocycles. The highest BCUT2D eigenvalue weighted by Gasteiger charge is 2.33. The van der Waals surface area contributed by atoms with E-state index in [-0.39, 0.29) is 17.0 Å². The van der Waals surface area contributed by atoms with Gasteiger partial charge in [0.05, 0.1) is 12.8 Å². The van der Waals surface area contributed by atoms with Crippen LogP contribution in [-0.4, -0.2) is 28.8 Å². The van der Waals surface area contributed by atoms with Crippen LogP contribution >= 0.6 is 0 Å². The van der Waals surface area contributed by atoms with Gasteiger partial charge in [-0.3, -0.25) is 4.40 Å². The first-order valence-corrected chi connectivity index (χ1v) is 5.15. The molecule has 0 aliphatic rings. The third kappa shape index (κ3) is 2.47. The molecule has 102 valence electrons. The largest absolute Gasteiger partial charge is 0.573 e. The second-order valence-electron chi connectivity index (χ2n) is 3.65. The van der Waals surface area contributed by atoms with Gasteiger partial charge in [-0.15, -0.1) is 13.2 Å². The Balaban J connectivity index is 2.62. The van der Waals surface area contributed by atoms with Gasteiger partial charge in [0.15, 0.2) is 17.1 Å². The maximum atomic E-state index is 12.3. The SMILES string of the molecule is COC(=O)c1c(C)nc2c(OC(F)(F)F)cccn12. The van der Waals surface area contributed by atoms with E-state index in [4.69, 9.17) is 0 Å². The number of aryl methyl sites for hydroxylation is 1. The molecule has 0 aliphatic heterocycles. The van der Waals surface area contributed by atoms with Crippen molar-refractivity contribution >= 4 is 11.6 Å². The third-order valence-electron chi connectivity index (χ3n) is 2.39. The minimum Gasteiger partial charge on any atom is -0.464 e. The lowest BCUT2D eigenvalue weighted by molar-refractivity contribution is -0.274. The lowest BCUT2D eigenvalue weighted by Gasteiger charge is -2.09. The summed E-state index contributed by atoms with van der Waals surface area (Å²) < 4.78 is 46.4. The molecule has 0 bridgehead atoms. The Kier molecular flexibility index (Phi) is 3.09. The first-order chi connectivity index (χ1) is 8.83. The standard InChI is InChI=1S/C11H9F3N2O3/c1-6-8(10(17)18-2)16-5-3-4-7(9(16)15-6)19-11(12,13)14/h3-5H,1-2H3. The summed E-state index contributed by atoms with van der Waals surface area (Å²) in [4.78, 5) is 15.5. The van der Waals surface area contributed by atoms with Gasteiger partial charge in [0.2, 0.25) is 0 Å². The number of carbonyl (C=O) groups is 1. The normalized spacial score (nSPS) is 11.6. The predicted octanol–water partition coefficient (Wildman–Crippen LogP) is 2.33. The molecule has 2 heterocycles. The average Bonchev–Trinajstić information content (AvgIpc) is 2.64. The van der Waals surface area contributed by atoms with E-state index in [9.17, 15) is 18.0 Å². The highest BCUT2D eigenvalue weighted by Crippen LogP contribution is 2.27. The molecule has 0 atom stereocenters. The molecule has 19 heavy (non-hydrogen) atoms. The quantitative estimate of drug-likeness (QED) is 0.789. The fourth-order valence-corrected chi connectivity index (χ4v) is 1.70. The summed E-state index contributed by atoms with van der Waals surface area (Å²) in [5.74, 6) is -1.16. The summed E-state index contributed by atoms with van der Waals surface area (Å²) >= 11 is 0. The Morgan fingerprint density at radius 3 is 2.68 bits per heavy atom. The number of methoxy groups -OCH3 is 1. The van der Waals surface area contributed by atoms with E-state index in [1.165, 1.54) is 30.7 Å². The van der Waals surface area contributed by atoms with E-state index in [1.54, 1.807) is 0 Å². The average molecular weight is 274 g/mol. The molecule has 0 amide bonds. The van der Waals surface area contributed by atoms with Gasteiger partial charge in [0, 0.05) is 6.20 Å². The van der Waals surface area contributed by atoms with Crippen LogP contribution in [-0.2, 0) is 4.74 Å². The molecule has 0 spiro atoms. The molecule has 2 aromatic rings. The van der Waals surface area contributed by atoms with Gasteiger partial charge in [-0.2, -0.15) is 0 Å². The molecule has 8 heteroatoms. The molecular formula is C11H9F3N2O3. The van der Waals surface area contributed by atoms with Crippen LogP contribution in [0, 0.1) is 6.92 Å². The van der Waals surface area contributed by atoms with Gasteiger partial charge < -0.3 is 9.47 Å². The van der Waals surface area contributed by atoms with Crippen LogP contribution in [0.1, 0.15) is 16.2 Å². The maximum absolute atomic E-state index is 12.3. The lowest BCUT2D eigenvalue weighted by Crippen LogP contribution is -2.17. The number of fused-ring (bicyclic) bond motifs is 1. The second kappa shape index (κ2) is 4.45. The van der Waals surface area contributed by atoms with E-state index in [2.05, 4.69) is 14.5 Å². The van der Waals surface area contributed by atoms with Crippen molar-refractivity contribution < 1.29 is 27.4 Å². The summed E-state index contributed by atoms with van der Waals surface area (Å²) in [6, 6.07) is 2.44.